The van der Waals surface area contributed by atoms with E-state index in [9.17, 15) is 19.4 Å². The summed E-state index contributed by atoms with van der Waals surface area (Å²) >= 11 is 1.70. The number of fused-ring (bicyclic) bond motifs is 1. The first-order chi connectivity index (χ1) is 22.2. The molecule has 47 heavy (non-hydrogen) atoms. The van der Waals surface area contributed by atoms with E-state index in [2.05, 4.69) is 54.6 Å². The molecule has 2 heterocycles. The van der Waals surface area contributed by atoms with Crippen LogP contribution in [0.3, 0.4) is 0 Å². The Balaban J connectivity index is 1.54. The third-order valence-electron chi connectivity index (χ3n) is 7.92. The number of carboxylic acid groups (broad SMARTS) is 1. The second-order valence-electron chi connectivity index (χ2n) is 13.3. The van der Waals surface area contributed by atoms with Gasteiger partial charge in [-0.15, -0.1) is 11.8 Å². The van der Waals surface area contributed by atoms with E-state index in [1.54, 1.807) is 51.0 Å². The van der Waals surface area contributed by atoms with Crippen molar-refractivity contribution in [3.63, 3.8) is 0 Å². The van der Waals surface area contributed by atoms with Gasteiger partial charge in [0.1, 0.15) is 24.3 Å². The predicted octanol–water partition coefficient (Wildman–Crippen LogP) is 8.56. The van der Waals surface area contributed by atoms with Crippen LogP contribution in [0.4, 0.5) is 4.39 Å². The number of carbonyl (C=O) groups is 1. The van der Waals surface area contributed by atoms with Crippen molar-refractivity contribution in [3.8, 4) is 22.8 Å². The van der Waals surface area contributed by atoms with E-state index in [4.69, 9.17) is 9.47 Å². The van der Waals surface area contributed by atoms with E-state index in [0.717, 1.165) is 38.2 Å². The van der Waals surface area contributed by atoms with Crippen molar-refractivity contribution in [3.05, 3.63) is 108 Å². The monoisotopic (exact) mass is 656 g/mol. The van der Waals surface area contributed by atoms with E-state index in [1.165, 1.54) is 12.1 Å². The highest BCUT2D eigenvalue weighted by Gasteiger charge is 2.33. The van der Waals surface area contributed by atoms with Gasteiger partial charge in [0.05, 0.1) is 12.5 Å². The number of aliphatic hydroxyl groups excluding tert-OH is 1. The van der Waals surface area contributed by atoms with Gasteiger partial charge < -0.3 is 24.3 Å². The number of benzene rings is 3. The smallest absolute Gasteiger partial charge is 0.309 e. The lowest BCUT2D eigenvalue weighted by Gasteiger charge is -2.24. The van der Waals surface area contributed by atoms with Gasteiger partial charge >= 0.3 is 5.97 Å². The molecule has 5 aromatic rings. The molecule has 246 valence electrons. The molecule has 1 unspecified atom stereocenters. The molecule has 0 aliphatic rings. The molecule has 0 saturated carbocycles. The first-order valence-corrected chi connectivity index (χ1v) is 16.3. The third-order valence-corrected chi connectivity index (χ3v) is 9.20. The number of hydrogen-bond acceptors (Lipinski definition) is 6. The Bertz CT molecular complexity index is 1840. The van der Waals surface area contributed by atoms with Gasteiger partial charge in [-0.2, -0.15) is 0 Å². The molecule has 0 saturated heterocycles. The number of thioether (sulfide) groups is 1. The van der Waals surface area contributed by atoms with Gasteiger partial charge in [-0.05, 0) is 66.9 Å². The highest BCUT2D eigenvalue weighted by atomic mass is 32.2. The number of ether oxygens (including phenoxy) is 2. The minimum absolute atomic E-state index is 0.00540. The number of carboxylic acids is 1. The summed E-state index contributed by atoms with van der Waals surface area (Å²) in [5.74, 6) is -0.0957. The molecule has 5 rings (SSSR count). The van der Waals surface area contributed by atoms with Crippen LogP contribution in [-0.4, -0.2) is 44.2 Å². The zero-order valence-corrected chi connectivity index (χ0v) is 28.4. The van der Waals surface area contributed by atoms with Crippen LogP contribution in [0.25, 0.3) is 22.0 Å². The molecule has 0 amide bonds. The van der Waals surface area contributed by atoms with Crippen LogP contribution in [-0.2, 0) is 17.8 Å². The van der Waals surface area contributed by atoms with Crippen molar-refractivity contribution >= 4 is 28.6 Å². The Labute approximate surface area is 279 Å². The first-order valence-electron chi connectivity index (χ1n) is 15.5. The molecule has 0 aliphatic carbocycles. The molecule has 7 nitrogen and oxygen atoms in total. The summed E-state index contributed by atoms with van der Waals surface area (Å²) in [6.07, 6.45) is 1.18. The first kappa shape index (κ1) is 34.0. The molecule has 2 N–H and O–H groups in total. The summed E-state index contributed by atoms with van der Waals surface area (Å²) in [5, 5.41) is 21.8. The quantitative estimate of drug-likeness (QED) is 0.130. The van der Waals surface area contributed by atoms with Crippen LogP contribution in [0, 0.1) is 11.2 Å². The molecule has 3 aromatic carbocycles. The summed E-state index contributed by atoms with van der Waals surface area (Å²) in [7, 11) is 1.59. The fourth-order valence-corrected chi connectivity index (χ4v) is 6.52. The van der Waals surface area contributed by atoms with Gasteiger partial charge in [0, 0.05) is 57.0 Å². The maximum Gasteiger partial charge on any atom is 0.309 e. The zero-order chi connectivity index (χ0) is 33.9. The van der Waals surface area contributed by atoms with Crippen LogP contribution in [0.5, 0.6) is 11.6 Å². The summed E-state index contributed by atoms with van der Waals surface area (Å²) < 4.78 is 26.7. The molecule has 1 atom stereocenters. The average Bonchev–Trinajstić information content (AvgIpc) is 3.29. The van der Waals surface area contributed by atoms with Gasteiger partial charge in [0.25, 0.3) is 0 Å². The van der Waals surface area contributed by atoms with Gasteiger partial charge in [-0.25, -0.2) is 9.37 Å². The highest BCUT2D eigenvalue weighted by molar-refractivity contribution is 8.00. The van der Waals surface area contributed by atoms with E-state index < -0.39 is 17.5 Å². The minimum atomic E-state index is -1.01. The van der Waals surface area contributed by atoms with E-state index in [0.29, 0.717) is 30.2 Å². The largest absolute Gasteiger partial charge is 0.491 e. The summed E-state index contributed by atoms with van der Waals surface area (Å²) in [6.45, 7) is 10.5. The number of halogens is 1. The predicted molar refractivity (Wildman–Crippen MR) is 185 cm³/mol. The topological polar surface area (TPSA) is 93.8 Å². The van der Waals surface area contributed by atoms with Crippen LogP contribution in [0.15, 0.2) is 90.0 Å². The molecule has 0 radical (unpaired) electrons. The normalized spacial score (nSPS) is 12.7. The molecular formula is C38H41FN2O5S. The second kappa shape index (κ2) is 13.8. The number of aliphatic carboxylic acids is 1. The fraction of sp³-hybridized carbons (Fsp3) is 0.316. The molecule has 2 aromatic heterocycles. The Morgan fingerprint density at radius 2 is 1.64 bits per heavy atom. The Morgan fingerprint density at radius 3 is 2.23 bits per heavy atom. The van der Waals surface area contributed by atoms with Gasteiger partial charge in [0.15, 0.2) is 0 Å². The fourth-order valence-electron chi connectivity index (χ4n) is 5.33. The number of pyridine rings is 1. The zero-order valence-electron chi connectivity index (χ0n) is 27.6. The summed E-state index contributed by atoms with van der Waals surface area (Å²) in [4.78, 5) is 17.7. The van der Waals surface area contributed by atoms with Crippen molar-refractivity contribution in [1.82, 2.24) is 9.55 Å². The van der Waals surface area contributed by atoms with Crippen molar-refractivity contribution in [1.29, 1.82) is 0 Å². The molecule has 0 aliphatic heterocycles. The van der Waals surface area contributed by atoms with Crippen molar-refractivity contribution in [2.45, 2.75) is 63.3 Å². The van der Waals surface area contributed by atoms with Crippen LogP contribution < -0.4 is 9.47 Å². The SMILES string of the molecule is COc1ccc(-c2ccc(Cn3c(CC(C)(C)C(=O)O)c(SC(C)(C)C)c4cc(OCC(O)c5ccc(F)cc5)ccc43)cc2)cn1. The number of aromatic nitrogens is 2. The van der Waals surface area contributed by atoms with Crippen molar-refractivity contribution < 1.29 is 28.9 Å². The number of methoxy groups -OCH3 is 1. The lowest BCUT2D eigenvalue weighted by molar-refractivity contribution is -0.146. The van der Waals surface area contributed by atoms with Crippen LogP contribution in [0.2, 0.25) is 0 Å². The highest BCUT2D eigenvalue weighted by Crippen LogP contribution is 2.44. The molecule has 0 spiro atoms. The number of rotatable bonds is 12. The van der Waals surface area contributed by atoms with Crippen LogP contribution in [0.1, 0.15) is 57.5 Å². The second-order valence-corrected chi connectivity index (χ2v) is 15.1. The van der Waals surface area contributed by atoms with E-state index in [1.807, 2.05) is 30.3 Å². The third kappa shape index (κ3) is 8.15. The van der Waals surface area contributed by atoms with Gasteiger partial charge in [-0.1, -0.05) is 57.2 Å². The Morgan fingerprint density at radius 1 is 0.957 bits per heavy atom. The number of hydrogen-bond donors (Lipinski definition) is 2. The number of nitrogens with zero attached hydrogens (tertiary/aromatic N) is 2. The van der Waals surface area contributed by atoms with Gasteiger partial charge in [-0.3, -0.25) is 4.79 Å². The maximum atomic E-state index is 13.4. The van der Waals surface area contributed by atoms with Crippen molar-refractivity contribution in [2.75, 3.05) is 13.7 Å². The minimum Gasteiger partial charge on any atom is -0.491 e. The van der Waals surface area contributed by atoms with E-state index in [-0.39, 0.29) is 17.2 Å². The Hall–Kier alpha value is -4.34. The van der Waals surface area contributed by atoms with Crippen molar-refractivity contribution in [2.24, 2.45) is 5.41 Å². The summed E-state index contributed by atoms with van der Waals surface area (Å²) in [6, 6.07) is 23.7. The standard InChI is InChI=1S/C38H41FN2O5S/c1-37(2,3)47-35-30-19-29(46-23-33(42)26-11-14-28(39)15-12-26)16-17-31(30)41(32(35)20-38(4,5)36(43)44)22-24-7-9-25(10-8-24)27-13-18-34(45-6)40-21-27/h7-19,21,33,42H,20,22-23H2,1-6H3,(H,43,44). The van der Waals surface area contributed by atoms with E-state index >= 15 is 0 Å². The molecule has 0 fully saturated rings. The molecule has 0 bridgehead atoms. The average molecular weight is 657 g/mol. The maximum absolute atomic E-state index is 13.4. The van der Waals surface area contributed by atoms with Gasteiger partial charge in [0.2, 0.25) is 5.88 Å². The summed E-state index contributed by atoms with van der Waals surface area (Å²) in [5.41, 5.74) is 4.53. The lowest BCUT2D eigenvalue weighted by atomic mass is 9.88. The molecule has 9 heteroatoms. The number of aliphatic hydroxyl groups is 1. The van der Waals surface area contributed by atoms with Crippen LogP contribution >= 0.6 is 11.8 Å². The Kier molecular flexibility index (Phi) is 9.98. The molecular weight excluding hydrogens is 615 g/mol. The lowest BCUT2D eigenvalue weighted by Crippen LogP contribution is -2.28.